The molecule has 0 aromatic carbocycles. The molecule has 0 spiro atoms. The molecule has 0 heterocycles. The number of nitrogens with zero attached hydrogens (tertiary/aromatic N) is 1. The highest BCUT2D eigenvalue weighted by molar-refractivity contribution is 5.77. The fourth-order valence-electron chi connectivity index (χ4n) is 2.73. The Balaban J connectivity index is 1.88. The SMILES string of the molecule is NCCN(C(=O)CC1CC1)C1CCCCC1. The van der Waals surface area contributed by atoms with Gasteiger partial charge in [-0.05, 0) is 31.6 Å². The largest absolute Gasteiger partial charge is 0.338 e. The lowest BCUT2D eigenvalue weighted by atomic mass is 9.94. The zero-order valence-corrected chi connectivity index (χ0v) is 10.2. The number of amides is 1. The van der Waals surface area contributed by atoms with Crippen LogP contribution in [0.1, 0.15) is 51.4 Å². The number of carbonyl (C=O) groups is 1. The summed E-state index contributed by atoms with van der Waals surface area (Å²) in [5.41, 5.74) is 5.63. The van der Waals surface area contributed by atoms with E-state index < -0.39 is 0 Å². The van der Waals surface area contributed by atoms with E-state index in [-0.39, 0.29) is 0 Å². The van der Waals surface area contributed by atoms with Crippen molar-refractivity contribution in [3.05, 3.63) is 0 Å². The van der Waals surface area contributed by atoms with E-state index in [4.69, 9.17) is 5.73 Å². The molecule has 1 amide bonds. The van der Waals surface area contributed by atoms with Crippen LogP contribution in [-0.4, -0.2) is 29.9 Å². The summed E-state index contributed by atoms with van der Waals surface area (Å²) >= 11 is 0. The molecule has 2 aliphatic carbocycles. The second-order valence-corrected chi connectivity index (χ2v) is 5.32. The molecular formula is C13H24N2O. The van der Waals surface area contributed by atoms with E-state index in [1.54, 1.807) is 0 Å². The van der Waals surface area contributed by atoms with Gasteiger partial charge in [-0.1, -0.05) is 19.3 Å². The normalized spacial score (nSPS) is 22.1. The molecule has 2 aliphatic rings. The first-order valence-corrected chi connectivity index (χ1v) is 6.81. The summed E-state index contributed by atoms with van der Waals surface area (Å²) in [5.74, 6) is 1.05. The van der Waals surface area contributed by atoms with Gasteiger partial charge >= 0.3 is 0 Å². The molecule has 2 rings (SSSR count). The van der Waals surface area contributed by atoms with Crippen LogP contribution in [0, 0.1) is 5.92 Å². The highest BCUT2D eigenvalue weighted by atomic mass is 16.2. The fraction of sp³-hybridized carbons (Fsp3) is 0.923. The molecule has 2 N–H and O–H groups in total. The van der Waals surface area contributed by atoms with Crippen LogP contribution >= 0.6 is 0 Å². The number of hydrogen-bond acceptors (Lipinski definition) is 2. The fourth-order valence-corrected chi connectivity index (χ4v) is 2.73. The van der Waals surface area contributed by atoms with Gasteiger partial charge in [0.25, 0.3) is 0 Å². The first-order valence-electron chi connectivity index (χ1n) is 6.81. The lowest BCUT2D eigenvalue weighted by Crippen LogP contribution is -2.44. The third-order valence-electron chi connectivity index (χ3n) is 3.87. The van der Waals surface area contributed by atoms with E-state index in [0.717, 1.165) is 13.0 Å². The Hall–Kier alpha value is -0.570. The molecule has 0 aromatic rings. The van der Waals surface area contributed by atoms with Gasteiger partial charge in [0.05, 0.1) is 0 Å². The van der Waals surface area contributed by atoms with Crippen molar-refractivity contribution in [3.8, 4) is 0 Å². The number of hydrogen-bond donors (Lipinski definition) is 1. The van der Waals surface area contributed by atoms with E-state index in [9.17, 15) is 4.79 Å². The average molecular weight is 224 g/mol. The van der Waals surface area contributed by atoms with Gasteiger partial charge in [-0.15, -0.1) is 0 Å². The summed E-state index contributed by atoms with van der Waals surface area (Å²) in [6, 6.07) is 0.489. The van der Waals surface area contributed by atoms with Crippen molar-refractivity contribution in [2.24, 2.45) is 11.7 Å². The summed E-state index contributed by atoms with van der Waals surface area (Å²) in [4.78, 5) is 14.2. The molecule has 0 aliphatic heterocycles. The lowest BCUT2D eigenvalue weighted by molar-refractivity contribution is -0.134. The Morgan fingerprint density at radius 1 is 1.12 bits per heavy atom. The average Bonchev–Trinajstić information content (AvgIpc) is 3.11. The predicted octanol–water partition coefficient (Wildman–Crippen LogP) is 1.91. The number of rotatable bonds is 5. The standard InChI is InChI=1S/C13H24N2O/c14-8-9-15(12-4-2-1-3-5-12)13(16)10-11-6-7-11/h11-12H,1-10,14H2. The van der Waals surface area contributed by atoms with Crippen LogP contribution in [0.15, 0.2) is 0 Å². The Bertz CT molecular complexity index is 232. The van der Waals surface area contributed by atoms with Gasteiger partial charge in [-0.25, -0.2) is 0 Å². The summed E-state index contributed by atoms with van der Waals surface area (Å²) in [6.45, 7) is 1.36. The summed E-state index contributed by atoms with van der Waals surface area (Å²) < 4.78 is 0. The molecule has 0 unspecified atom stereocenters. The van der Waals surface area contributed by atoms with E-state index in [0.29, 0.717) is 24.4 Å². The monoisotopic (exact) mass is 224 g/mol. The van der Waals surface area contributed by atoms with Crippen LogP contribution in [0.2, 0.25) is 0 Å². The van der Waals surface area contributed by atoms with Crippen molar-refractivity contribution in [2.75, 3.05) is 13.1 Å². The van der Waals surface area contributed by atoms with Gasteiger partial charge in [0, 0.05) is 25.6 Å². The van der Waals surface area contributed by atoms with Crippen LogP contribution in [0.25, 0.3) is 0 Å². The predicted molar refractivity (Wildman–Crippen MR) is 65.0 cm³/mol. The summed E-state index contributed by atoms with van der Waals surface area (Å²) in [6.07, 6.45) is 9.57. The first kappa shape index (κ1) is 11.9. The minimum atomic E-state index is 0.361. The Morgan fingerprint density at radius 2 is 1.81 bits per heavy atom. The maximum absolute atomic E-state index is 12.2. The minimum Gasteiger partial charge on any atom is -0.338 e. The third kappa shape index (κ3) is 3.21. The van der Waals surface area contributed by atoms with Crippen LogP contribution in [-0.2, 0) is 4.79 Å². The molecule has 0 radical (unpaired) electrons. The molecule has 2 saturated carbocycles. The smallest absolute Gasteiger partial charge is 0.223 e. The van der Waals surface area contributed by atoms with Crippen LogP contribution in [0.3, 0.4) is 0 Å². The summed E-state index contributed by atoms with van der Waals surface area (Å²) in [7, 11) is 0. The van der Waals surface area contributed by atoms with Crippen LogP contribution in [0.5, 0.6) is 0 Å². The maximum Gasteiger partial charge on any atom is 0.223 e. The van der Waals surface area contributed by atoms with Gasteiger partial charge in [-0.2, -0.15) is 0 Å². The van der Waals surface area contributed by atoms with Gasteiger partial charge in [-0.3, -0.25) is 4.79 Å². The molecule has 2 fully saturated rings. The van der Waals surface area contributed by atoms with Gasteiger partial charge in [0.1, 0.15) is 0 Å². The van der Waals surface area contributed by atoms with Gasteiger partial charge in [0.2, 0.25) is 5.91 Å². The Kier molecular flexibility index (Phi) is 4.22. The highest BCUT2D eigenvalue weighted by Crippen LogP contribution is 2.33. The van der Waals surface area contributed by atoms with Crippen molar-refractivity contribution in [2.45, 2.75) is 57.4 Å². The van der Waals surface area contributed by atoms with E-state index >= 15 is 0 Å². The van der Waals surface area contributed by atoms with Gasteiger partial charge < -0.3 is 10.6 Å². The molecular weight excluding hydrogens is 200 g/mol. The molecule has 0 bridgehead atoms. The molecule has 3 nitrogen and oxygen atoms in total. The second kappa shape index (κ2) is 5.67. The molecule has 0 atom stereocenters. The summed E-state index contributed by atoms with van der Waals surface area (Å²) in [5, 5.41) is 0. The van der Waals surface area contributed by atoms with Crippen molar-refractivity contribution >= 4 is 5.91 Å². The third-order valence-corrected chi connectivity index (χ3v) is 3.87. The number of carbonyl (C=O) groups excluding carboxylic acids is 1. The molecule has 92 valence electrons. The van der Waals surface area contributed by atoms with Crippen molar-refractivity contribution in [1.29, 1.82) is 0 Å². The van der Waals surface area contributed by atoms with Crippen LogP contribution < -0.4 is 5.73 Å². The topological polar surface area (TPSA) is 46.3 Å². The van der Waals surface area contributed by atoms with Crippen molar-refractivity contribution in [3.63, 3.8) is 0 Å². The minimum absolute atomic E-state index is 0.361. The Morgan fingerprint density at radius 3 is 2.38 bits per heavy atom. The van der Waals surface area contributed by atoms with Crippen LogP contribution in [0.4, 0.5) is 0 Å². The first-order chi connectivity index (χ1) is 7.81. The zero-order valence-electron chi connectivity index (χ0n) is 10.2. The molecule has 0 saturated heterocycles. The second-order valence-electron chi connectivity index (χ2n) is 5.32. The van der Waals surface area contributed by atoms with E-state index in [1.165, 1.54) is 44.9 Å². The highest BCUT2D eigenvalue weighted by Gasteiger charge is 2.30. The zero-order chi connectivity index (χ0) is 11.4. The van der Waals surface area contributed by atoms with E-state index in [2.05, 4.69) is 4.90 Å². The Labute approximate surface area is 98.4 Å². The number of nitrogens with two attached hydrogens (primary N) is 1. The quantitative estimate of drug-likeness (QED) is 0.775. The van der Waals surface area contributed by atoms with Crippen molar-refractivity contribution < 1.29 is 4.79 Å². The van der Waals surface area contributed by atoms with Crippen molar-refractivity contribution in [1.82, 2.24) is 4.90 Å². The van der Waals surface area contributed by atoms with Gasteiger partial charge in [0.15, 0.2) is 0 Å². The lowest BCUT2D eigenvalue weighted by Gasteiger charge is -2.34. The molecule has 0 aromatic heterocycles. The van der Waals surface area contributed by atoms with E-state index in [1.807, 2.05) is 0 Å². The molecule has 16 heavy (non-hydrogen) atoms. The maximum atomic E-state index is 12.2. The molecule has 3 heteroatoms.